The van der Waals surface area contributed by atoms with Crippen LogP contribution in [0.4, 0.5) is 0 Å². The van der Waals surface area contributed by atoms with Gasteiger partial charge in [0.05, 0.1) is 0 Å². The van der Waals surface area contributed by atoms with Gasteiger partial charge in [0, 0.05) is 13.5 Å². The molecule has 1 N–H and O–H groups in total. The summed E-state index contributed by atoms with van der Waals surface area (Å²) in [5.74, 6) is 0.387. The van der Waals surface area contributed by atoms with Crippen LogP contribution in [0.1, 0.15) is 27.7 Å². The van der Waals surface area contributed by atoms with Crippen LogP contribution in [-0.2, 0) is 4.79 Å². The largest absolute Gasteiger partial charge is 0.356 e. The molecule has 0 aliphatic rings. The van der Waals surface area contributed by atoms with Crippen LogP contribution < -0.4 is 5.32 Å². The van der Waals surface area contributed by atoms with Crippen LogP contribution in [0.5, 0.6) is 0 Å². The SMILES string of the molecule is C=CC(C)CNC(C)=O.CC. The third-order valence-corrected chi connectivity index (χ3v) is 1.08. The number of carbonyl (C=O) groups is 1. The van der Waals surface area contributed by atoms with Crippen LogP contribution in [0.15, 0.2) is 12.7 Å². The van der Waals surface area contributed by atoms with Gasteiger partial charge in [0.1, 0.15) is 0 Å². The standard InChI is InChI=1S/C7H13NO.C2H6/c1-4-6(2)5-8-7(3)9;1-2/h4,6H,1,5H2,2-3H3,(H,8,9);1-2H3. The van der Waals surface area contributed by atoms with Gasteiger partial charge in [-0.1, -0.05) is 26.8 Å². The van der Waals surface area contributed by atoms with Crippen molar-refractivity contribution < 1.29 is 4.79 Å². The van der Waals surface area contributed by atoms with E-state index in [1.807, 2.05) is 26.8 Å². The van der Waals surface area contributed by atoms with E-state index < -0.39 is 0 Å². The molecule has 1 atom stereocenters. The Morgan fingerprint density at radius 2 is 2.09 bits per heavy atom. The van der Waals surface area contributed by atoms with E-state index in [9.17, 15) is 4.79 Å². The van der Waals surface area contributed by atoms with Crippen LogP contribution in [-0.4, -0.2) is 12.5 Å². The van der Waals surface area contributed by atoms with Crippen molar-refractivity contribution in [3.63, 3.8) is 0 Å². The van der Waals surface area contributed by atoms with Crippen molar-refractivity contribution in [2.24, 2.45) is 5.92 Å². The summed E-state index contributed by atoms with van der Waals surface area (Å²) in [5.41, 5.74) is 0. The lowest BCUT2D eigenvalue weighted by molar-refractivity contribution is -0.119. The summed E-state index contributed by atoms with van der Waals surface area (Å²) in [4.78, 5) is 10.3. The minimum atomic E-state index is 0.0173. The van der Waals surface area contributed by atoms with Gasteiger partial charge in [0.15, 0.2) is 0 Å². The summed E-state index contributed by atoms with van der Waals surface area (Å²) in [6.45, 7) is 11.8. The van der Waals surface area contributed by atoms with Gasteiger partial charge in [0.25, 0.3) is 0 Å². The fourth-order valence-electron chi connectivity index (χ4n) is 0.388. The fourth-order valence-corrected chi connectivity index (χ4v) is 0.388. The molecular formula is C9H19NO. The van der Waals surface area contributed by atoms with Gasteiger partial charge in [-0.25, -0.2) is 0 Å². The second-order valence-electron chi connectivity index (χ2n) is 2.15. The first-order valence-electron chi connectivity index (χ1n) is 4.03. The normalized spacial score (nSPS) is 10.5. The van der Waals surface area contributed by atoms with Gasteiger partial charge in [-0.15, -0.1) is 6.58 Å². The lowest BCUT2D eigenvalue weighted by Gasteiger charge is -2.04. The van der Waals surface area contributed by atoms with Gasteiger partial charge in [-0.05, 0) is 5.92 Å². The summed E-state index contributed by atoms with van der Waals surface area (Å²) in [6.07, 6.45) is 1.82. The van der Waals surface area contributed by atoms with E-state index in [1.54, 1.807) is 0 Å². The second-order valence-corrected chi connectivity index (χ2v) is 2.15. The Hall–Kier alpha value is -0.790. The van der Waals surface area contributed by atoms with Crippen molar-refractivity contribution in [1.29, 1.82) is 0 Å². The summed E-state index contributed by atoms with van der Waals surface area (Å²) < 4.78 is 0. The van der Waals surface area contributed by atoms with E-state index in [0.717, 1.165) is 0 Å². The second kappa shape index (κ2) is 9.21. The molecule has 66 valence electrons. The van der Waals surface area contributed by atoms with Crippen molar-refractivity contribution >= 4 is 5.91 Å². The molecule has 2 nitrogen and oxygen atoms in total. The minimum absolute atomic E-state index is 0.0173. The highest BCUT2D eigenvalue weighted by atomic mass is 16.1. The van der Waals surface area contributed by atoms with Crippen molar-refractivity contribution in [2.75, 3.05) is 6.54 Å². The fraction of sp³-hybridized carbons (Fsp3) is 0.667. The van der Waals surface area contributed by atoms with Crippen LogP contribution >= 0.6 is 0 Å². The van der Waals surface area contributed by atoms with E-state index in [4.69, 9.17) is 0 Å². The maximum atomic E-state index is 10.3. The Labute approximate surface area is 69.7 Å². The van der Waals surface area contributed by atoms with Crippen molar-refractivity contribution in [3.8, 4) is 0 Å². The number of rotatable bonds is 3. The summed E-state index contributed by atoms with van der Waals surface area (Å²) >= 11 is 0. The summed E-state index contributed by atoms with van der Waals surface area (Å²) in [5, 5.41) is 2.69. The maximum Gasteiger partial charge on any atom is 0.216 e. The lowest BCUT2D eigenvalue weighted by Crippen LogP contribution is -2.24. The molecule has 0 radical (unpaired) electrons. The van der Waals surface area contributed by atoms with E-state index in [-0.39, 0.29) is 5.91 Å². The highest BCUT2D eigenvalue weighted by molar-refractivity contribution is 5.72. The average Bonchev–Trinajstić information content (AvgIpc) is 2.04. The molecule has 0 aliphatic heterocycles. The lowest BCUT2D eigenvalue weighted by atomic mass is 10.2. The molecule has 0 saturated carbocycles. The predicted molar refractivity (Wildman–Crippen MR) is 49.4 cm³/mol. The quantitative estimate of drug-likeness (QED) is 0.623. The molecule has 11 heavy (non-hydrogen) atoms. The van der Waals surface area contributed by atoms with E-state index in [0.29, 0.717) is 12.5 Å². The molecule has 0 bridgehead atoms. The van der Waals surface area contributed by atoms with Crippen molar-refractivity contribution in [3.05, 3.63) is 12.7 Å². The van der Waals surface area contributed by atoms with Gasteiger partial charge in [-0.2, -0.15) is 0 Å². The molecule has 0 heterocycles. The van der Waals surface area contributed by atoms with Crippen molar-refractivity contribution in [2.45, 2.75) is 27.7 Å². The predicted octanol–water partition coefficient (Wildman–Crippen LogP) is 1.97. The number of amides is 1. The van der Waals surface area contributed by atoms with Gasteiger partial charge >= 0.3 is 0 Å². The molecular weight excluding hydrogens is 138 g/mol. The summed E-state index contributed by atoms with van der Waals surface area (Å²) in [7, 11) is 0. The first kappa shape index (κ1) is 12.8. The molecule has 0 rings (SSSR count). The maximum absolute atomic E-state index is 10.3. The van der Waals surface area contributed by atoms with E-state index in [1.165, 1.54) is 6.92 Å². The smallest absolute Gasteiger partial charge is 0.216 e. The van der Waals surface area contributed by atoms with Crippen LogP contribution in [0.2, 0.25) is 0 Å². The van der Waals surface area contributed by atoms with Gasteiger partial charge < -0.3 is 5.32 Å². The van der Waals surface area contributed by atoms with Gasteiger partial charge in [0.2, 0.25) is 5.91 Å². The molecule has 0 fully saturated rings. The zero-order valence-corrected chi connectivity index (χ0v) is 7.98. The highest BCUT2D eigenvalue weighted by Crippen LogP contribution is 1.90. The van der Waals surface area contributed by atoms with Gasteiger partial charge in [-0.3, -0.25) is 4.79 Å². The number of carbonyl (C=O) groups excluding carboxylic acids is 1. The van der Waals surface area contributed by atoms with E-state index >= 15 is 0 Å². The molecule has 0 aromatic rings. The zero-order valence-electron chi connectivity index (χ0n) is 7.98. The molecule has 1 amide bonds. The molecule has 0 aromatic carbocycles. The van der Waals surface area contributed by atoms with Crippen LogP contribution in [0.3, 0.4) is 0 Å². The van der Waals surface area contributed by atoms with E-state index in [2.05, 4.69) is 11.9 Å². The Morgan fingerprint density at radius 1 is 1.64 bits per heavy atom. The third-order valence-electron chi connectivity index (χ3n) is 1.08. The number of nitrogens with one attached hydrogen (secondary N) is 1. The monoisotopic (exact) mass is 157 g/mol. The first-order chi connectivity index (χ1) is 5.16. The molecule has 1 unspecified atom stereocenters. The Balaban J connectivity index is 0. The highest BCUT2D eigenvalue weighted by Gasteiger charge is 1.94. The van der Waals surface area contributed by atoms with Crippen LogP contribution in [0, 0.1) is 5.92 Å². The van der Waals surface area contributed by atoms with Crippen LogP contribution in [0.25, 0.3) is 0 Å². The zero-order chi connectivity index (χ0) is 9.28. The minimum Gasteiger partial charge on any atom is -0.356 e. The molecule has 0 aliphatic carbocycles. The number of hydrogen-bond acceptors (Lipinski definition) is 1. The average molecular weight is 157 g/mol. The molecule has 0 aromatic heterocycles. The Bertz CT molecular complexity index is 110. The molecule has 2 heteroatoms. The topological polar surface area (TPSA) is 29.1 Å². The Kier molecular flexibility index (Phi) is 10.8. The third kappa shape index (κ3) is 12.4. The van der Waals surface area contributed by atoms with Crippen molar-refractivity contribution in [1.82, 2.24) is 5.32 Å². The first-order valence-corrected chi connectivity index (χ1v) is 4.03. The number of hydrogen-bond donors (Lipinski definition) is 1. The Morgan fingerprint density at radius 3 is 2.36 bits per heavy atom. The summed E-state index contributed by atoms with van der Waals surface area (Å²) in [6, 6.07) is 0. The molecule has 0 saturated heterocycles. The molecule has 0 spiro atoms.